The highest BCUT2D eigenvalue weighted by atomic mass is 16.5. The number of amides is 1. The predicted molar refractivity (Wildman–Crippen MR) is 135 cm³/mol. The van der Waals surface area contributed by atoms with Gasteiger partial charge in [-0.25, -0.2) is 0 Å². The van der Waals surface area contributed by atoms with Gasteiger partial charge in [0.1, 0.15) is 5.75 Å². The number of nitrogens with one attached hydrogen (secondary N) is 2. The molecule has 2 N–H and O–H groups in total. The molecule has 1 fully saturated rings. The highest BCUT2D eigenvalue weighted by Gasteiger charge is 2.47. The van der Waals surface area contributed by atoms with Crippen molar-refractivity contribution in [3.05, 3.63) is 54.1 Å². The zero-order valence-electron chi connectivity index (χ0n) is 20.9. The summed E-state index contributed by atoms with van der Waals surface area (Å²) in [5.41, 5.74) is 2.13. The maximum Gasteiger partial charge on any atom is 0.226 e. The number of carbonyl (C=O) groups excluding carboxylic acids is 1. The SMILES string of the molecule is C=C/C=C(\C)C(CC)CCNC1CCC(C(=O)NCc2ccccc2OCC)(C(C)C)C1. The molecule has 0 saturated heterocycles. The molecular weight excluding hydrogens is 396 g/mol. The van der Waals surface area contributed by atoms with Crippen LogP contribution in [0.5, 0.6) is 5.75 Å². The molecule has 1 amide bonds. The van der Waals surface area contributed by atoms with Crippen molar-refractivity contribution >= 4 is 5.91 Å². The van der Waals surface area contributed by atoms with Gasteiger partial charge in [0.2, 0.25) is 5.91 Å². The molecule has 32 heavy (non-hydrogen) atoms. The first-order valence-corrected chi connectivity index (χ1v) is 12.4. The third-order valence-electron chi connectivity index (χ3n) is 7.26. The number of allylic oxidation sites excluding steroid dienone is 3. The standard InChI is InChI=1S/C28H44N2O2/c1-7-12-22(6)23(8-2)16-18-29-25-15-17-28(19-25,21(4)5)27(31)30-20-24-13-10-11-14-26(24)32-9-3/h7,10-14,21,23,25,29H,1,8-9,15-20H2,2-6H3,(H,30,31)/b22-12+. The molecule has 3 atom stereocenters. The molecule has 2 rings (SSSR count). The van der Waals surface area contributed by atoms with E-state index in [0.29, 0.717) is 31.0 Å². The maximum absolute atomic E-state index is 13.4. The summed E-state index contributed by atoms with van der Waals surface area (Å²) in [7, 11) is 0. The Morgan fingerprint density at radius 2 is 2.06 bits per heavy atom. The van der Waals surface area contributed by atoms with E-state index in [1.807, 2.05) is 37.3 Å². The summed E-state index contributed by atoms with van der Waals surface area (Å²) >= 11 is 0. The van der Waals surface area contributed by atoms with Gasteiger partial charge in [-0.05, 0) is 70.4 Å². The first-order valence-electron chi connectivity index (χ1n) is 12.4. The molecule has 0 spiro atoms. The Bertz CT molecular complexity index is 770. The molecule has 0 aliphatic heterocycles. The Labute approximate surface area is 195 Å². The lowest BCUT2D eigenvalue weighted by Crippen LogP contribution is -2.44. The number of carbonyl (C=O) groups is 1. The summed E-state index contributed by atoms with van der Waals surface area (Å²) in [6.07, 6.45) is 9.17. The number of para-hydroxylation sites is 1. The van der Waals surface area contributed by atoms with E-state index in [-0.39, 0.29) is 11.3 Å². The normalized spacial score (nSPS) is 22.1. The monoisotopic (exact) mass is 440 g/mol. The van der Waals surface area contributed by atoms with Crippen LogP contribution >= 0.6 is 0 Å². The lowest BCUT2D eigenvalue weighted by molar-refractivity contribution is -0.133. The molecular formula is C28H44N2O2. The minimum absolute atomic E-state index is 0.180. The van der Waals surface area contributed by atoms with Crippen molar-refractivity contribution in [2.75, 3.05) is 13.2 Å². The molecule has 1 aromatic carbocycles. The van der Waals surface area contributed by atoms with Crippen LogP contribution in [0.1, 0.15) is 72.3 Å². The smallest absolute Gasteiger partial charge is 0.226 e. The van der Waals surface area contributed by atoms with E-state index in [1.54, 1.807) is 0 Å². The van der Waals surface area contributed by atoms with Crippen molar-refractivity contribution < 1.29 is 9.53 Å². The summed E-state index contributed by atoms with van der Waals surface area (Å²) < 4.78 is 5.72. The average molecular weight is 441 g/mol. The zero-order valence-corrected chi connectivity index (χ0v) is 20.9. The van der Waals surface area contributed by atoms with Crippen LogP contribution in [0.2, 0.25) is 0 Å². The summed E-state index contributed by atoms with van der Waals surface area (Å²) in [5, 5.41) is 6.99. The largest absolute Gasteiger partial charge is 0.494 e. The van der Waals surface area contributed by atoms with Gasteiger partial charge in [0.15, 0.2) is 0 Å². The molecule has 1 saturated carbocycles. The van der Waals surface area contributed by atoms with Crippen LogP contribution in [0.4, 0.5) is 0 Å². The fourth-order valence-corrected chi connectivity index (χ4v) is 5.08. The lowest BCUT2D eigenvalue weighted by atomic mass is 9.74. The van der Waals surface area contributed by atoms with Gasteiger partial charge in [0.25, 0.3) is 0 Å². The second-order valence-electron chi connectivity index (χ2n) is 9.47. The third-order valence-corrected chi connectivity index (χ3v) is 7.26. The summed E-state index contributed by atoms with van der Waals surface area (Å²) in [4.78, 5) is 13.4. The number of benzene rings is 1. The first kappa shape index (κ1) is 26.2. The highest BCUT2D eigenvalue weighted by molar-refractivity contribution is 5.83. The lowest BCUT2D eigenvalue weighted by Gasteiger charge is -2.32. The molecule has 1 aromatic rings. The zero-order chi connectivity index (χ0) is 23.6. The van der Waals surface area contributed by atoms with Gasteiger partial charge in [-0.1, -0.05) is 63.3 Å². The molecule has 0 aromatic heterocycles. The van der Waals surface area contributed by atoms with E-state index in [4.69, 9.17) is 4.74 Å². The van der Waals surface area contributed by atoms with E-state index >= 15 is 0 Å². The molecule has 3 unspecified atom stereocenters. The van der Waals surface area contributed by atoms with Crippen molar-refractivity contribution in [2.24, 2.45) is 17.3 Å². The Balaban J connectivity index is 1.94. The first-order chi connectivity index (χ1) is 15.4. The van der Waals surface area contributed by atoms with Crippen molar-refractivity contribution in [3.63, 3.8) is 0 Å². The number of ether oxygens (including phenoxy) is 1. The summed E-state index contributed by atoms with van der Waals surface area (Å²) in [5.74, 6) is 1.92. The van der Waals surface area contributed by atoms with Gasteiger partial charge in [0, 0.05) is 18.2 Å². The van der Waals surface area contributed by atoms with Crippen molar-refractivity contribution in [1.82, 2.24) is 10.6 Å². The Morgan fingerprint density at radius 3 is 2.72 bits per heavy atom. The van der Waals surface area contributed by atoms with E-state index in [1.165, 1.54) is 5.57 Å². The van der Waals surface area contributed by atoms with E-state index in [2.05, 4.69) is 51.0 Å². The number of hydrogen-bond acceptors (Lipinski definition) is 3. The third kappa shape index (κ3) is 6.71. The minimum atomic E-state index is -0.305. The highest BCUT2D eigenvalue weighted by Crippen LogP contribution is 2.44. The quantitative estimate of drug-likeness (QED) is 0.368. The Hall–Kier alpha value is -2.07. The predicted octanol–water partition coefficient (Wildman–Crippen LogP) is 6.03. The van der Waals surface area contributed by atoms with Crippen LogP contribution in [0.15, 0.2) is 48.6 Å². The molecule has 0 radical (unpaired) electrons. The molecule has 4 heteroatoms. The van der Waals surface area contributed by atoms with Crippen molar-refractivity contribution in [1.29, 1.82) is 0 Å². The van der Waals surface area contributed by atoms with E-state index < -0.39 is 0 Å². The second-order valence-corrected chi connectivity index (χ2v) is 9.47. The van der Waals surface area contributed by atoms with Crippen LogP contribution in [0.3, 0.4) is 0 Å². The van der Waals surface area contributed by atoms with Gasteiger partial charge < -0.3 is 15.4 Å². The van der Waals surface area contributed by atoms with E-state index in [0.717, 1.165) is 50.0 Å². The number of rotatable bonds is 13. The van der Waals surface area contributed by atoms with Crippen LogP contribution in [0.25, 0.3) is 0 Å². The molecule has 0 bridgehead atoms. The summed E-state index contributed by atoms with van der Waals surface area (Å²) in [6.45, 7) is 16.7. The summed E-state index contributed by atoms with van der Waals surface area (Å²) in [6, 6.07) is 8.36. The molecule has 178 valence electrons. The van der Waals surface area contributed by atoms with E-state index in [9.17, 15) is 4.79 Å². The van der Waals surface area contributed by atoms with Crippen LogP contribution in [-0.4, -0.2) is 25.1 Å². The van der Waals surface area contributed by atoms with Crippen molar-refractivity contribution in [2.45, 2.75) is 79.3 Å². The Morgan fingerprint density at radius 1 is 1.31 bits per heavy atom. The van der Waals surface area contributed by atoms with Crippen LogP contribution < -0.4 is 15.4 Å². The van der Waals surface area contributed by atoms with Gasteiger partial charge >= 0.3 is 0 Å². The van der Waals surface area contributed by atoms with Crippen LogP contribution in [0, 0.1) is 17.3 Å². The minimum Gasteiger partial charge on any atom is -0.494 e. The average Bonchev–Trinajstić information content (AvgIpc) is 3.22. The fraction of sp³-hybridized carbons (Fsp3) is 0.607. The Kier molecular flexibility index (Phi) is 10.5. The molecule has 1 aliphatic carbocycles. The second kappa shape index (κ2) is 12.8. The van der Waals surface area contributed by atoms with Gasteiger partial charge in [-0.15, -0.1) is 0 Å². The molecule has 1 aliphatic rings. The topological polar surface area (TPSA) is 50.4 Å². The van der Waals surface area contributed by atoms with Gasteiger partial charge in [-0.2, -0.15) is 0 Å². The fourth-order valence-electron chi connectivity index (χ4n) is 5.08. The van der Waals surface area contributed by atoms with Gasteiger partial charge in [-0.3, -0.25) is 4.79 Å². The maximum atomic E-state index is 13.4. The molecule has 0 heterocycles. The number of hydrogen-bond donors (Lipinski definition) is 2. The van der Waals surface area contributed by atoms with Crippen LogP contribution in [-0.2, 0) is 11.3 Å². The van der Waals surface area contributed by atoms with Crippen molar-refractivity contribution in [3.8, 4) is 5.75 Å². The van der Waals surface area contributed by atoms with Gasteiger partial charge in [0.05, 0.1) is 12.0 Å². The molecule has 4 nitrogen and oxygen atoms in total.